The lowest BCUT2D eigenvalue weighted by molar-refractivity contribution is -0.128. The Kier molecular flexibility index (Phi) is 4.97. The van der Waals surface area contributed by atoms with E-state index in [4.69, 9.17) is 16.7 Å². The van der Waals surface area contributed by atoms with Crippen LogP contribution in [0.2, 0.25) is 0 Å². The number of benzene rings is 1. The molecule has 2 N–H and O–H groups in total. The number of carbonyl (C=O) groups excluding carboxylic acids is 1. The second-order valence-electron chi connectivity index (χ2n) is 4.68. The summed E-state index contributed by atoms with van der Waals surface area (Å²) in [4.78, 5) is 11.8. The molecule has 0 heterocycles. The van der Waals surface area contributed by atoms with Gasteiger partial charge in [0.2, 0.25) is 5.91 Å². The second kappa shape index (κ2) is 6.03. The molecule has 0 radical (unpaired) electrons. The van der Waals surface area contributed by atoms with Gasteiger partial charge in [-0.25, -0.2) is 0 Å². The highest BCUT2D eigenvalue weighted by atomic mass is 35.5. The number of aliphatic hydroxyl groups excluding tert-OH is 1. The lowest BCUT2D eigenvalue weighted by Gasteiger charge is -2.20. The minimum Gasteiger partial charge on any atom is -0.392 e. The third kappa shape index (κ3) is 4.02. The van der Waals surface area contributed by atoms with Crippen molar-refractivity contribution < 1.29 is 9.90 Å². The van der Waals surface area contributed by atoms with Crippen LogP contribution in [0.25, 0.3) is 0 Å². The maximum Gasteiger partial charge on any atom is 0.227 e. The molecule has 1 amide bonds. The molecule has 0 unspecified atom stereocenters. The second-order valence-corrected chi connectivity index (χ2v) is 4.95. The molecule has 3 nitrogen and oxygen atoms in total. The molecule has 1 rings (SSSR count). The molecule has 0 saturated heterocycles. The van der Waals surface area contributed by atoms with E-state index in [0.29, 0.717) is 6.54 Å². The Morgan fingerprint density at radius 1 is 1.41 bits per heavy atom. The van der Waals surface area contributed by atoms with E-state index >= 15 is 0 Å². The number of amides is 1. The van der Waals surface area contributed by atoms with Gasteiger partial charge in [-0.1, -0.05) is 24.3 Å². The molecular weight excluding hydrogens is 238 g/mol. The van der Waals surface area contributed by atoms with Crippen LogP contribution in [0.5, 0.6) is 0 Å². The van der Waals surface area contributed by atoms with E-state index in [2.05, 4.69) is 5.32 Å². The van der Waals surface area contributed by atoms with E-state index in [1.807, 2.05) is 24.3 Å². The van der Waals surface area contributed by atoms with E-state index in [1.54, 1.807) is 13.8 Å². The van der Waals surface area contributed by atoms with Crippen molar-refractivity contribution in [3.63, 3.8) is 0 Å². The molecule has 94 valence electrons. The molecule has 0 aliphatic rings. The van der Waals surface area contributed by atoms with Crippen molar-refractivity contribution in [2.45, 2.75) is 27.0 Å². The van der Waals surface area contributed by atoms with Crippen molar-refractivity contribution in [2.24, 2.45) is 5.41 Å². The number of alkyl halides is 1. The predicted molar refractivity (Wildman–Crippen MR) is 68.7 cm³/mol. The SMILES string of the molecule is CC(C)(CCl)C(=O)NCc1cccc(CO)c1. The Labute approximate surface area is 107 Å². The highest BCUT2D eigenvalue weighted by molar-refractivity contribution is 6.19. The summed E-state index contributed by atoms with van der Waals surface area (Å²) in [5, 5.41) is 11.8. The number of nitrogens with one attached hydrogen (secondary N) is 1. The molecule has 1 aromatic rings. The standard InChI is InChI=1S/C13H18ClNO2/c1-13(2,9-14)12(17)15-7-10-4-3-5-11(6-10)8-16/h3-6,16H,7-9H2,1-2H3,(H,15,17). The maximum absolute atomic E-state index is 11.8. The smallest absolute Gasteiger partial charge is 0.227 e. The van der Waals surface area contributed by atoms with E-state index in [1.165, 1.54) is 0 Å². The normalized spacial score (nSPS) is 11.3. The van der Waals surface area contributed by atoms with Crippen LogP contribution in [0.1, 0.15) is 25.0 Å². The van der Waals surface area contributed by atoms with Gasteiger partial charge in [0.15, 0.2) is 0 Å². The molecule has 4 heteroatoms. The molecule has 0 aliphatic heterocycles. The first kappa shape index (κ1) is 14.0. The lowest BCUT2D eigenvalue weighted by atomic mass is 9.95. The van der Waals surface area contributed by atoms with Crippen LogP contribution in [0.4, 0.5) is 0 Å². The minimum absolute atomic E-state index is 0.00889. The van der Waals surface area contributed by atoms with Crippen molar-refractivity contribution in [2.75, 3.05) is 5.88 Å². The summed E-state index contributed by atoms with van der Waals surface area (Å²) in [6, 6.07) is 7.48. The Hall–Kier alpha value is -1.06. The van der Waals surface area contributed by atoms with Crippen molar-refractivity contribution in [1.29, 1.82) is 0 Å². The van der Waals surface area contributed by atoms with Crippen LogP contribution in [0.3, 0.4) is 0 Å². The average molecular weight is 256 g/mol. The lowest BCUT2D eigenvalue weighted by Crippen LogP contribution is -2.37. The Balaban J connectivity index is 2.58. The highest BCUT2D eigenvalue weighted by Gasteiger charge is 2.25. The fraction of sp³-hybridized carbons (Fsp3) is 0.462. The van der Waals surface area contributed by atoms with Gasteiger partial charge in [-0.15, -0.1) is 11.6 Å². The Morgan fingerprint density at radius 3 is 2.65 bits per heavy atom. The number of rotatable bonds is 5. The molecule has 17 heavy (non-hydrogen) atoms. The molecule has 0 aromatic heterocycles. The summed E-state index contributed by atoms with van der Waals surface area (Å²) < 4.78 is 0. The summed E-state index contributed by atoms with van der Waals surface area (Å²) in [5.41, 5.74) is 1.25. The number of hydrogen-bond donors (Lipinski definition) is 2. The molecule has 0 aliphatic carbocycles. The fourth-order valence-corrected chi connectivity index (χ4v) is 1.44. The number of halogens is 1. The van der Waals surface area contributed by atoms with Gasteiger partial charge in [-0.3, -0.25) is 4.79 Å². The van der Waals surface area contributed by atoms with Crippen LogP contribution in [0, 0.1) is 5.41 Å². The van der Waals surface area contributed by atoms with E-state index < -0.39 is 5.41 Å². The monoisotopic (exact) mass is 255 g/mol. The largest absolute Gasteiger partial charge is 0.392 e. The van der Waals surface area contributed by atoms with Crippen molar-refractivity contribution >= 4 is 17.5 Å². The summed E-state index contributed by atoms with van der Waals surface area (Å²) in [6.45, 7) is 4.07. The van der Waals surface area contributed by atoms with Gasteiger partial charge in [0.1, 0.15) is 0 Å². The van der Waals surface area contributed by atoms with Gasteiger partial charge in [0.05, 0.1) is 12.0 Å². The summed E-state index contributed by atoms with van der Waals surface area (Å²) >= 11 is 5.72. The fourth-order valence-electron chi connectivity index (χ4n) is 1.32. The van der Waals surface area contributed by atoms with Crippen molar-refractivity contribution in [3.05, 3.63) is 35.4 Å². The van der Waals surface area contributed by atoms with Gasteiger partial charge in [-0.05, 0) is 25.0 Å². The van der Waals surface area contributed by atoms with Gasteiger partial charge in [0.25, 0.3) is 0 Å². The first-order valence-corrected chi connectivity index (χ1v) is 6.06. The summed E-state index contributed by atoms with van der Waals surface area (Å²) in [5.74, 6) is 0.220. The third-order valence-corrected chi connectivity index (χ3v) is 3.24. The highest BCUT2D eigenvalue weighted by Crippen LogP contribution is 2.17. The maximum atomic E-state index is 11.8. The van der Waals surface area contributed by atoms with Gasteiger partial charge < -0.3 is 10.4 Å². The van der Waals surface area contributed by atoms with E-state index in [9.17, 15) is 4.79 Å². The minimum atomic E-state index is -0.559. The van der Waals surface area contributed by atoms with Crippen LogP contribution in [-0.2, 0) is 17.9 Å². The van der Waals surface area contributed by atoms with Crippen LogP contribution in [-0.4, -0.2) is 16.9 Å². The number of hydrogen-bond acceptors (Lipinski definition) is 2. The zero-order valence-electron chi connectivity index (χ0n) is 10.2. The van der Waals surface area contributed by atoms with E-state index in [-0.39, 0.29) is 18.4 Å². The zero-order valence-corrected chi connectivity index (χ0v) is 10.9. The van der Waals surface area contributed by atoms with Crippen LogP contribution >= 0.6 is 11.6 Å². The number of aliphatic hydroxyl groups is 1. The van der Waals surface area contributed by atoms with Gasteiger partial charge in [-0.2, -0.15) is 0 Å². The van der Waals surface area contributed by atoms with Gasteiger partial charge >= 0.3 is 0 Å². The first-order valence-electron chi connectivity index (χ1n) is 5.52. The zero-order chi connectivity index (χ0) is 12.9. The molecular formula is C13H18ClNO2. The van der Waals surface area contributed by atoms with Crippen molar-refractivity contribution in [1.82, 2.24) is 5.32 Å². The quantitative estimate of drug-likeness (QED) is 0.792. The Bertz CT molecular complexity index is 391. The number of carbonyl (C=O) groups is 1. The summed E-state index contributed by atoms with van der Waals surface area (Å²) in [7, 11) is 0. The predicted octanol–water partition coefficient (Wildman–Crippen LogP) is 2.06. The third-order valence-electron chi connectivity index (χ3n) is 2.58. The summed E-state index contributed by atoms with van der Waals surface area (Å²) in [6.07, 6.45) is 0. The molecule has 0 fully saturated rings. The van der Waals surface area contributed by atoms with Crippen LogP contribution < -0.4 is 5.32 Å². The average Bonchev–Trinajstić information content (AvgIpc) is 2.36. The Morgan fingerprint density at radius 2 is 2.06 bits per heavy atom. The first-order chi connectivity index (χ1) is 7.99. The molecule has 0 saturated carbocycles. The molecule has 0 spiro atoms. The molecule has 0 atom stereocenters. The molecule has 1 aromatic carbocycles. The van der Waals surface area contributed by atoms with Crippen LogP contribution in [0.15, 0.2) is 24.3 Å². The van der Waals surface area contributed by atoms with Crippen molar-refractivity contribution in [3.8, 4) is 0 Å². The van der Waals surface area contributed by atoms with Gasteiger partial charge in [0, 0.05) is 12.4 Å². The van der Waals surface area contributed by atoms with E-state index in [0.717, 1.165) is 11.1 Å². The topological polar surface area (TPSA) is 49.3 Å². The molecule has 0 bridgehead atoms.